The van der Waals surface area contributed by atoms with Crippen molar-refractivity contribution in [1.29, 1.82) is 0 Å². The Morgan fingerprint density at radius 3 is 2.62 bits per heavy atom. The van der Waals surface area contributed by atoms with Gasteiger partial charge < -0.3 is 5.32 Å². The van der Waals surface area contributed by atoms with Crippen LogP contribution in [0.25, 0.3) is 10.6 Å². The quantitative estimate of drug-likeness (QED) is 0.464. The highest BCUT2D eigenvalue weighted by atomic mass is 35.5. The van der Waals surface area contributed by atoms with Crippen molar-refractivity contribution in [2.45, 2.75) is 19.9 Å². The number of thiazole rings is 1. The molecule has 2 heterocycles. The van der Waals surface area contributed by atoms with E-state index in [4.69, 9.17) is 11.6 Å². The van der Waals surface area contributed by atoms with Gasteiger partial charge in [-0.05, 0) is 24.6 Å². The zero-order valence-corrected chi connectivity index (χ0v) is 17.4. The number of nitrogens with zero attached hydrogens (tertiary/aromatic N) is 3. The standard InChI is InChI=1S/C22H19ClN4OS/c1-15-2-6-17(7-3-15)22-25-19(14-29-22)12-21(28)26-20-10-11-24-27(20)13-16-4-8-18(23)9-5-16/h2-11,14H,12-13H2,1H3,(H,26,28). The van der Waals surface area contributed by atoms with Crippen molar-refractivity contribution < 1.29 is 4.79 Å². The molecule has 4 rings (SSSR count). The maximum absolute atomic E-state index is 12.5. The molecule has 0 spiro atoms. The highest BCUT2D eigenvalue weighted by molar-refractivity contribution is 7.13. The lowest BCUT2D eigenvalue weighted by Crippen LogP contribution is -2.18. The predicted octanol–water partition coefficient (Wildman–Crippen LogP) is 5.20. The number of hydrogen-bond donors (Lipinski definition) is 1. The number of nitrogens with one attached hydrogen (secondary N) is 1. The fourth-order valence-electron chi connectivity index (χ4n) is 2.90. The second kappa shape index (κ2) is 8.59. The van der Waals surface area contributed by atoms with Crippen LogP contribution in [-0.2, 0) is 17.8 Å². The average molecular weight is 423 g/mol. The van der Waals surface area contributed by atoms with Gasteiger partial charge in [0.15, 0.2) is 0 Å². The van der Waals surface area contributed by atoms with Crippen molar-refractivity contribution in [1.82, 2.24) is 14.8 Å². The lowest BCUT2D eigenvalue weighted by Gasteiger charge is -2.09. The SMILES string of the molecule is Cc1ccc(-c2nc(CC(=O)Nc3ccnn3Cc3ccc(Cl)cc3)cs2)cc1. The van der Waals surface area contributed by atoms with Gasteiger partial charge >= 0.3 is 0 Å². The van der Waals surface area contributed by atoms with Crippen LogP contribution in [0, 0.1) is 6.92 Å². The summed E-state index contributed by atoms with van der Waals surface area (Å²) in [6.45, 7) is 2.60. The van der Waals surface area contributed by atoms with Crippen LogP contribution in [0.2, 0.25) is 5.02 Å². The third kappa shape index (κ3) is 4.91. The fourth-order valence-corrected chi connectivity index (χ4v) is 3.85. The van der Waals surface area contributed by atoms with E-state index in [9.17, 15) is 4.79 Å². The van der Waals surface area contributed by atoms with E-state index < -0.39 is 0 Å². The van der Waals surface area contributed by atoms with Gasteiger partial charge in [0, 0.05) is 22.0 Å². The van der Waals surface area contributed by atoms with Crippen molar-refractivity contribution in [3.05, 3.63) is 88.0 Å². The first-order chi connectivity index (χ1) is 14.1. The van der Waals surface area contributed by atoms with E-state index in [1.807, 2.05) is 41.8 Å². The number of rotatable bonds is 6. The van der Waals surface area contributed by atoms with E-state index in [0.717, 1.165) is 21.8 Å². The average Bonchev–Trinajstić information content (AvgIpc) is 3.34. The van der Waals surface area contributed by atoms with Crippen LogP contribution in [-0.4, -0.2) is 20.7 Å². The number of halogens is 1. The Morgan fingerprint density at radius 1 is 1.10 bits per heavy atom. The smallest absolute Gasteiger partial charge is 0.231 e. The summed E-state index contributed by atoms with van der Waals surface area (Å²) in [4.78, 5) is 17.1. The number of carbonyl (C=O) groups excluding carboxylic acids is 1. The van der Waals surface area contributed by atoms with Crippen LogP contribution in [0.3, 0.4) is 0 Å². The molecule has 0 aliphatic carbocycles. The van der Waals surface area contributed by atoms with E-state index in [-0.39, 0.29) is 12.3 Å². The Hall–Kier alpha value is -2.96. The molecule has 0 atom stereocenters. The van der Waals surface area contributed by atoms with Gasteiger partial charge in [0.1, 0.15) is 10.8 Å². The molecule has 2 aromatic heterocycles. The first kappa shape index (κ1) is 19.4. The van der Waals surface area contributed by atoms with Gasteiger partial charge in [-0.2, -0.15) is 5.10 Å². The topological polar surface area (TPSA) is 59.8 Å². The Balaban J connectivity index is 1.40. The van der Waals surface area contributed by atoms with Gasteiger partial charge in [0.05, 0.1) is 24.9 Å². The van der Waals surface area contributed by atoms with Gasteiger partial charge in [-0.3, -0.25) is 4.79 Å². The summed E-state index contributed by atoms with van der Waals surface area (Å²) < 4.78 is 1.75. The summed E-state index contributed by atoms with van der Waals surface area (Å²) in [7, 11) is 0. The molecule has 7 heteroatoms. The Labute approximate surface area is 178 Å². The van der Waals surface area contributed by atoms with Crippen molar-refractivity contribution >= 4 is 34.7 Å². The summed E-state index contributed by atoms with van der Waals surface area (Å²) in [5, 5.41) is 10.8. The summed E-state index contributed by atoms with van der Waals surface area (Å²) in [6.07, 6.45) is 1.89. The number of amides is 1. The molecule has 2 aromatic carbocycles. The summed E-state index contributed by atoms with van der Waals surface area (Å²) in [6, 6.07) is 17.6. The fraction of sp³-hybridized carbons (Fsp3) is 0.136. The lowest BCUT2D eigenvalue weighted by molar-refractivity contribution is -0.115. The van der Waals surface area contributed by atoms with Crippen LogP contribution in [0.15, 0.2) is 66.2 Å². The largest absolute Gasteiger partial charge is 0.311 e. The molecule has 4 aromatic rings. The molecule has 0 fully saturated rings. The molecule has 0 saturated heterocycles. The molecule has 0 unspecified atom stereocenters. The number of aromatic nitrogens is 3. The van der Waals surface area contributed by atoms with Gasteiger partial charge in [-0.15, -0.1) is 11.3 Å². The minimum absolute atomic E-state index is 0.122. The molecule has 29 heavy (non-hydrogen) atoms. The molecule has 1 amide bonds. The van der Waals surface area contributed by atoms with Gasteiger partial charge in [0.25, 0.3) is 0 Å². The zero-order valence-electron chi connectivity index (χ0n) is 15.8. The molecule has 0 radical (unpaired) electrons. The summed E-state index contributed by atoms with van der Waals surface area (Å²) in [5.41, 5.74) is 4.08. The third-order valence-corrected chi connectivity index (χ3v) is 5.61. The summed E-state index contributed by atoms with van der Waals surface area (Å²) in [5.74, 6) is 0.530. The van der Waals surface area contributed by atoms with Crippen molar-refractivity contribution in [2.75, 3.05) is 5.32 Å². The molecule has 0 bridgehead atoms. The Kier molecular flexibility index (Phi) is 5.74. The number of carbonyl (C=O) groups is 1. The molecule has 0 aliphatic rings. The first-order valence-electron chi connectivity index (χ1n) is 9.14. The van der Waals surface area contributed by atoms with E-state index in [0.29, 0.717) is 17.4 Å². The van der Waals surface area contributed by atoms with Crippen LogP contribution in [0.4, 0.5) is 5.82 Å². The normalized spacial score (nSPS) is 10.8. The van der Waals surface area contributed by atoms with E-state index in [1.165, 1.54) is 5.56 Å². The first-order valence-corrected chi connectivity index (χ1v) is 10.4. The number of aryl methyl sites for hydroxylation is 1. The molecule has 146 valence electrons. The second-order valence-corrected chi connectivity index (χ2v) is 8.03. The van der Waals surface area contributed by atoms with E-state index in [2.05, 4.69) is 34.5 Å². The Morgan fingerprint density at radius 2 is 1.86 bits per heavy atom. The molecular formula is C22H19ClN4OS. The van der Waals surface area contributed by atoms with Crippen LogP contribution >= 0.6 is 22.9 Å². The van der Waals surface area contributed by atoms with E-state index >= 15 is 0 Å². The molecule has 1 N–H and O–H groups in total. The minimum Gasteiger partial charge on any atom is -0.311 e. The predicted molar refractivity (Wildman–Crippen MR) is 117 cm³/mol. The van der Waals surface area contributed by atoms with Crippen LogP contribution < -0.4 is 5.32 Å². The van der Waals surface area contributed by atoms with Gasteiger partial charge in [-0.1, -0.05) is 53.6 Å². The zero-order chi connectivity index (χ0) is 20.2. The third-order valence-electron chi connectivity index (χ3n) is 4.42. The molecule has 5 nitrogen and oxygen atoms in total. The molecular weight excluding hydrogens is 404 g/mol. The maximum Gasteiger partial charge on any atom is 0.231 e. The van der Waals surface area contributed by atoms with Crippen molar-refractivity contribution in [3.8, 4) is 10.6 Å². The Bertz CT molecular complexity index is 1120. The summed E-state index contributed by atoms with van der Waals surface area (Å²) >= 11 is 7.48. The number of hydrogen-bond acceptors (Lipinski definition) is 4. The highest BCUT2D eigenvalue weighted by Gasteiger charge is 2.12. The second-order valence-electron chi connectivity index (χ2n) is 6.74. The minimum atomic E-state index is -0.122. The van der Waals surface area contributed by atoms with Gasteiger partial charge in [0.2, 0.25) is 5.91 Å². The molecule has 0 saturated carbocycles. The van der Waals surface area contributed by atoms with Crippen LogP contribution in [0.5, 0.6) is 0 Å². The van der Waals surface area contributed by atoms with Gasteiger partial charge in [-0.25, -0.2) is 9.67 Å². The van der Waals surface area contributed by atoms with E-state index in [1.54, 1.807) is 28.3 Å². The monoisotopic (exact) mass is 422 g/mol. The molecule has 0 aliphatic heterocycles. The number of benzene rings is 2. The highest BCUT2D eigenvalue weighted by Crippen LogP contribution is 2.24. The maximum atomic E-state index is 12.5. The van der Waals surface area contributed by atoms with Crippen molar-refractivity contribution in [2.24, 2.45) is 0 Å². The van der Waals surface area contributed by atoms with Crippen LogP contribution in [0.1, 0.15) is 16.8 Å². The number of anilines is 1. The van der Waals surface area contributed by atoms with Crippen molar-refractivity contribution in [3.63, 3.8) is 0 Å². The lowest BCUT2D eigenvalue weighted by atomic mass is 10.2.